The second-order valence-corrected chi connectivity index (χ2v) is 3.43. The highest BCUT2D eigenvalue weighted by molar-refractivity contribution is 5.96. The van der Waals surface area contributed by atoms with Crippen LogP contribution in [0.5, 0.6) is 5.75 Å². The highest BCUT2D eigenvalue weighted by Gasteiger charge is 2.15. The van der Waals surface area contributed by atoms with E-state index in [1.807, 2.05) is 13.8 Å². The van der Waals surface area contributed by atoms with Crippen molar-refractivity contribution in [3.8, 4) is 5.75 Å². The summed E-state index contributed by atoms with van der Waals surface area (Å²) in [6.07, 6.45) is 0. The number of amides is 1. The Balaban J connectivity index is 3.05. The number of rotatable bonds is 3. The highest BCUT2D eigenvalue weighted by atomic mass is 16.3. The Morgan fingerprint density at radius 2 is 1.93 bits per heavy atom. The van der Waals surface area contributed by atoms with Crippen LogP contribution < -0.4 is 0 Å². The quantitative estimate of drug-likeness (QED) is 0.825. The van der Waals surface area contributed by atoms with E-state index in [1.165, 1.54) is 0 Å². The van der Waals surface area contributed by atoms with E-state index in [1.54, 1.807) is 30.0 Å². The molecule has 15 heavy (non-hydrogen) atoms. The molecule has 0 unspecified atom stereocenters. The van der Waals surface area contributed by atoms with E-state index in [0.29, 0.717) is 24.2 Å². The van der Waals surface area contributed by atoms with Gasteiger partial charge in [-0.3, -0.25) is 4.79 Å². The molecule has 0 saturated heterocycles. The number of carbonyl (C=O) groups is 1. The highest BCUT2D eigenvalue weighted by Crippen LogP contribution is 2.20. The van der Waals surface area contributed by atoms with Gasteiger partial charge < -0.3 is 10.0 Å². The fourth-order valence-corrected chi connectivity index (χ4v) is 1.54. The number of benzene rings is 1. The molecule has 0 aromatic heterocycles. The molecular formula is C12H17NO2. The molecule has 0 fully saturated rings. The second kappa shape index (κ2) is 4.82. The lowest BCUT2D eigenvalue weighted by molar-refractivity contribution is 0.0772. The van der Waals surface area contributed by atoms with Crippen molar-refractivity contribution in [1.29, 1.82) is 0 Å². The maximum atomic E-state index is 12.0. The summed E-state index contributed by atoms with van der Waals surface area (Å²) in [6, 6.07) is 5.03. The summed E-state index contributed by atoms with van der Waals surface area (Å²) >= 11 is 0. The van der Waals surface area contributed by atoms with Crippen molar-refractivity contribution in [3.63, 3.8) is 0 Å². The van der Waals surface area contributed by atoms with Crippen molar-refractivity contribution < 1.29 is 9.90 Å². The lowest BCUT2D eigenvalue weighted by Crippen LogP contribution is -2.30. The molecule has 0 aliphatic rings. The van der Waals surface area contributed by atoms with E-state index >= 15 is 0 Å². The van der Waals surface area contributed by atoms with Crippen LogP contribution in [0, 0.1) is 6.92 Å². The smallest absolute Gasteiger partial charge is 0.254 e. The monoisotopic (exact) mass is 207 g/mol. The maximum absolute atomic E-state index is 12.0. The largest absolute Gasteiger partial charge is 0.508 e. The molecule has 0 radical (unpaired) electrons. The molecule has 82 valence electrons. The SMILES string of the molecule is CCN(CC)C(=O)c1cccc(O)c1C. The summed E-state index contributed by atoms with van der Waals surface area (Å²) in [6.45, 7) is 7.01. The molecule has 3 nitrogen and oxygen atoms in total. The number of phenols is 1. The van der Waals surface area contributed by atoms with Crippen molar-refractivity contribution in [2.24, 2.45) is 0 Å². The lowest BCUT2D eigenvalue weighted by Gasteiger charge is -2.19. The van der Waals surface area contributed by atoms with E-state index in [0.717, 1.165) is 0 Å². The Morgan fingerprint density at radius 3 is 2.47 bits per heavy atom. The summed E-state index contributed by atoms with van der Waals surface area (Å²) in [7, 11) is 0. The fourth-order valence-electron chi connectivity index (χ4n) is 1.54. The Kier molecular flexibility index (Phi) is 3.72. The van der Waals surface area contributed by atoms with Gasteiger partial charge >= 0.3 is 0 Å². The molecule has 0 spiro atoms. The van der Waals surface area contributed by atoms with Gasteiger partial charge in [-0.1, -0.05) is 6.07 Å². The summed E-state index contributed by atoms with van der Waals surface area (Å²) < 4.78 is 0. The first-order valence-corrected chi connectivity index (χ1v) is 5.19. The van der Waals surface area contributed by atoms with Crippen LogP contribution in [0.15, 0.2) is 18.2 Å². The van der Waals surface area contributed by atoms with Crippen LogP contribution in [0.2, 0.25) is 0 Å². The van der Waals surface area contributed by atoms with Gasteiger partial charge in [0.1, 0.15) is 5.75 Å². The second-order valence-electron chi connectivity index (χ2n) is 3.43. The lowest BCUT2D eigenvalue weighted by atomic mass is 10.1. The van der Waals surface area contributed by atoms with Gasteiger partial charge in [0.05, 0.1) is 0 Å². The average Bonchev–Trinajstić information content (AvgIpc) is 2.23. The van der Waals surface area contributed by atoms with Crippen molar-refractivity contribution in [3.05, 3.63) is 29.3 Å². The van der Waals surface area contributed by atoms with Crippen LogP contribution in [0.4, 0.5) is 0 Å². The molecular weight excluding hydrogens is 190 g/mol. The molecule has 0 aliphatic carbocycles. The van der Waals surface area contributed by atoms with Gasteiger partial charge in [-0.05, 0) is 32.9 Å². The van der Waals surface area contributed by atoms with Gasteiger partial charge in [0, 0.05) is 24.2 Å². The van der Waals surface area contributed by atoms with E-state index in [2.05, 4.69) is 0 Å². The van der Waals surface area contributed by atoms with Crippen molar-refractivity contribution in [2.45, 2.75) is 20.8 Å². The first kappa shape index (κ1) is 11.6. The molecule has 0 aliphatic heterocycles. The van der Waals surface area contributed by atoms with Crippen LogP contribution in [0.25, 0.3) is 0 Å². The van der Waals surface area contributed by atoms with Crippen molar-refractivity contribution >= 4 is 5.91 Å². The predicted molar refractivity (Wildman–Crippen MR) is 60.1 cm³/mol. The third-order valence-corrected chi connectivity index (χ3v) is 2.59. The Hall–Kier alpha value is -1.51. The minimum atomic E-state index is -0.0200. The van der Waals surface area contributed by atoms with Crippen molar-refractivity contribution in [1.82, 2.24) is 4.90 Å². The molecule has 0 saturated carbocycles. The molecule has 1 amide bonds. The van der Waals surface area contributed by atoms with Gasteiger partial charge in [-0.15, -0.1) is 0 Å². The molecule has 0 bridgehead atoms. The fraction of sp³-hybridized carbons (Fsp3) is 0.417. The maximum Gasteiger partial charge on any atom is 0.254 e. The Bertz CT molecular complexity index is 357. The minimum Gasteiger partial charge on any atom is -0.508 e. The van der Waals surface area contributed by atoms with Gasteiger partial charge in [0.2, 0.25) is 0 Å². The number of nitrogens with zero attached hydrogens (tertiary/aromatic N) is 1. The summed E-state index contributed by atoms with van der Waals surface area (Å²) in [4.78, 5) is 13.7. The number of hydrogen-bond acceptors (Lipinski definition) is 2. The van der Waals surface area contributed by atoms with Gasteiger partial charge in [-0.25, -0.2) is 0 Å². The number of carbonyl (C=O) groups excluding carboxylic acids is 1. The zero-order valence-corrected chi connectivity index (χ0v) is 9.45. The molecule has 3 heteroatoms. The molecule has 1 aromatic carbocycles. The first-order chi connectivity index (χ1) is 7.11. The third kappa shape index (κ3) is 2.29. The molecule has 1 aromatic rings. The van der Waals surface area contributed by atoms with Gasteiger partial charge in [-0.2, -0.15) is 0 Å². The summed E-state index contributed by atoms with van der Waals surface area (Å²) in [5.74, 6) is 0.154. The molecule has 0 heterocycles. The topological polar surface area (TPSA) is 40.5 Å². The van der Waals surface area contributed by atoms with Gasteiger partial charge in [0.15, 0.2) is 0 Å². The predicted octanol–water partition coefficient (Wildman–Crippen LogP) is 2.18. The van der Waals surface area contributed by atoms with Crippen LogP contribution in [0.1, 0.15) is 29.8 Å². The Morgan fingerprint density at radius 1 is 1.33 bits per heavy atom. The zero-order chi connectivity index (χ0) is 11.4. The summed E-state index contributed by atoms with van der Waals surface area (Å²) in [5.41, 5.74) is 1.23. The zero-order valence-electron chi connectivity index (χ0n) is 9.45. The normalized spacial score (nSPS) is 10.1. The standard InChI is InChI=1S/C12H17NO2/c1-4-13(5-2)12(15)10-7-6-8-11(14)9(10)3/h6-8,14H,4-5H2,1-3H3. The van der Waals surface area contributed by atoms with Crippen LogP contribution in [-0.2, 0) is 0 Å². The van der Waals surface area contributed by atoms with E-state index in [4.69, 9.17) is 0 Å². The average molecular weight is 207 g/mol. The van der Waals surface area contributed by atoms with E-state index in [-0.39, 0.29) is 11.7 Å². The van der Waals surface area contributed by atoms with Crippen LogP contribution >= 0.6 is 0 Å². The molecule has 1 N–H and O–H groups in total. The van der Waals surface area contributed by atoms with E-state index < -0.39 is 0 Å². The van der Waals surface area contributed by atoms with Gasteiger partial charge in [0.25, 0.3) is 5.91 Å². The van der Waals surface area contributed by atoms with Crippen LogP contribution in [0.3, 0.4) is 0 Å². The number of phenolic OH excluding ortho intramolecular Hbond substituents is 1. The molecule has 1 rings (SSSR count). The Labute approximate surface area is 90.3 Å². The summed E-state index contributed by atoms with van der Waals surface area (Å²) in [5, 5.41) is 9.51. The van der Waals surface area contributed by atoms with E-state index in [9.17, 15) is 9.90 Å². The third-order valence-electron chi connectivity index (χ3n) is 2.59. The number of aromatic hydroxyl groups is 1. The first-order valence-electron chi connectivity index (χ1n) is 5.19. The molecule has 0 atom stereocenters. The van der Waals surface area contributed by atoms with Crippen LogP contribution in [-0.4, -0.2) is 29.0 Å². The minimum absolute atomic E-state index is 0.0200. The number of hydrogen-bond donors (Lipinski definition) is 1. The van der Waals surface area contributed by atoms with Crippen molar-refractivity contribution in [2.75, 3.05) is 13.1 Å².